The van der Waals surface area contributed by atoms with E-state index in [1.54, 1.807) is 6.92 Å². The van der Waals surface area contributed by atoms with E-state index in [0.29, 0.717) is 0 Å². The number of hydrogen-bond donors (Lipinski definition) is 0. The summed E-state index contributed by atoms with van der Waals surface area (Å²) >= 11 is 12.8. The van der Waals surface area contributed by atoms with Crippen LogP contribution in [0.5, 0.6) is 0 Å². The van der Waals surface area contributed by atoms with Crippen molar-refractivity contribution in [3.05, 3.63) is 0 Å². The lowest BCUT2D eigenvalue weighted by Gasteiger charge is -2.36. The molecule has 3 unspecified atom stereocenters. The topological polar surface area (TPSA) is 80.3 Å². The largest absolute Gasteiger partial charge is 0.700 e. The van der Waals surface area contributed by atoms with Crippen molar-refractivity contribution in [2.24, 2.45) is 5.41 Å². The lowest BCUT2D eigenvalue weighted by Crippen LogP contribution is -2.52. The maximum Gasteiger partial charge on any atom is 0.700 e. The minimum Gasteiger partial charge on any atom is -0.345 e. The molecule has 12 heteroatoms. The summed E-state index contributed by atoms with van der Waals surface area (Å²) in [5, 5.41) is -0.282. The molecule has 0 amide bonds. The van der Waals surface area contributed by atoms with Gasteiger partial charge < -0.3 is 4.74 Å². The molecule has 120 valence electrons. The minimum absolute atomic E-state index is 0.0596. The molecule has 0 aliphatic carbocycles. The van der Waals surface area contributed by atoms with E-state index >= 15 is 0 Å². The predicted molar refractivity (Wildman–Crippen MR) is 82.2 cm³/mol. The van der Waals surface area contributed by atoms with Crippen LogP contribution in [0.3, 0.4) is 0 Å². The summed E-state index contributed by atoms with van der Waals surface area (Å²) in [5.41, 5.74) is -0.821. The SMILES string of the molecule is CC(Cl)C(Br)(Br)COC1O[P+](=O)OCC12CO[P+](=O)OC2. The highest BCUT2D eigenvalue weighted by Gasteiger charge is 2.59. The molecule has 2 rings (SSSR count). The fourth-order valence-corrected chi connectivity index (χ4v) is 3.63. The molecule has 7 nitrogen and oxygen atoms in total. The van der Waals surface area contributed by atoms with Gasteiger partial charge in [0.05, 0.1) is 12.0 Å². The molecule has 0 bridgehead atoms. The first kappa shape index (κ1) is 18.6. The Morgan fingerprint density at radius 1 is 1.29 bits per heavy atom. The van der Waals surface area contributed by atoms with Crippen molar-refractivity contribution in [1.29, 1.82) is 0 Å². The standard InChI is InChI=1S/C9H13Br2ClO7P2/c1-6(12)9(10,11)5-15-7-8(4-18-21(14)19-7)2-16-20(13)17-3-8/h6-7H,2-5H2,1H3/q+2. The van der Waals surface area contributed by atoms with Gasteiger partial charge in [0, 0.05) is 9.13 Å². The smallest absolute Gasteiger partial charge is 0.345 e. The molecule has 0 aromatic carbocycles. The molecule has 1 spiro atoms. The van der Waals surface area contributed by atoms with Crippen LogP contribution in [0.25, 0.3) is 0 Å². The second-order valence-electron chi connectivity index (χ2n) is 4.76. The van der Waals surface area contributed by atoms with Crippen LogP contribution in [0.4, 0.5) is 0 Å². The van der Waals surface area contributed by atoms with E-state index in [1.807, 2.05) is 0 Å². The summed E-state index contributed by atoms with van der Waals surface area (Å²) in [6.07, 6.45) is -0.886. The summed E-state index contributed by atoms with van der Waals surface area (Å²) < 4.78 is 47.9. The molecular formula is C9H13Br2ClO7P2+2. The Morgan fingerprint density at radius 3 is 2.33 bits per heavy atom. The monoisotopic (exact) mass is 488 g/mol. The molecule has 2 heterocycles. The van der Waals surface area contributed by atoms with E-state index in [-0.39, 0.29) is 31.8 Å². The summed E-state index contributed by atoms with van der Waals surface area (Å²) in [6, 6.07) is 0. The average Bonchev–Trinajstić information content (AvgIpc) is 2.43. The Morgan fingerprint density at radius 2 is 1.81 bits per heavy atom. The van der Waals surface area contributed by atoms with Gasteiger partial charge in [-0.15, -0.1) is 25.2 Å². The Kier molecular flexibility index (Phi) is 6.57. The fourth-order valence-electron chi connectivity index (χ4n) is 1.64. The first-order valence-electron chi connectivity index (χ1n) is 5.89. The van der Waals surface area contributed by atoms with Crippen LogP contribution < -0.4 is 0 Å². The van der Waals surface area contributed by atoms with E-state index in [4.69, 9.17) is 34.4 Å². The Labute approximate surface area is 145 Å². The molecule has 0 aromatic heterocycles. The van der Waals surface area contributed by atoms with Crippen molar-refractivity contribution < 1.29 is 32.0 Å². The molecule has 0 radical (unpaired) electrons. The van der Waals surface area contributed by atoms with Gasteiger partial charge in [-0.1, -0.05) is 36.4 Å². The average molecular weight is 490 g/mol. The zero-order chi connectivity index (χ0) is 15.7. The van der Waals surface area contributed by atoms with Crippen molar-refractivity contribution in [3.8, 4) is 0 Å². The Balaban J connectivity index is 2.05. The highest BCUT2D eigenvalue weighted by atomic mass is 79.9. The van der Waals surface area contributed by atoms with Gasteiger partial charge in [0.15, 0.2) is 0 Å². The van der Waals surface area contributed by atoms with Crippen molar-refractivity contribution in [3.63, 3.8) is 0 Å². The normalized spacial score (nSPS) is 35.9. The predicted octanol–water partition coefficient (Wildman–Crippen LogP) is 3.84. The molecule has 2 aliphatic rings. The molecule has 2 fully saturated rings. The number of ether oxygens (including phenoxy) is 1. The first-order chi connectivity index (χ1) is 9.75. The van der Waals surface area contributed by atoms with Gasteiger partial charge in [-0.3, -0.25) is 0 Å². The zero-order valence-corrected chi connectivity index (χ0v) is 16.6. The molecule has 0 aromatic rings. The van der Waals surface area contributed by atoms with Crippen molar-refractivity contribution >= 4 is 60.0 Å². The molecule has 3 atom stereocenters. The number of hydrogen-bond acceptors (Lipinski definition) is 7. The van der Waals surface area contributed by atoms with E-state index < -0.39 is 31.4 Å². The lowest BCUT2D eigenvalue weighted by atomic mass is 9.90. The van der Waals surface area contributed by atoms with E-state index in [0.717, 1.165) is 0 Å². The quantitative estimate of drug-likeness (QED) is 0.438. The highest BCUT2D eigenvalue weighted by Crippen LogP contribution is 2.48. The fraction of sp³-hybridized carbons (Fsp3) is 1.00. The maximum atomic E-state index is 11.5. The van der Waals surface area contributed by atoms with E-state index in [9.17, 15) is 9.13 Å². The van der Waals surface area contributed by atoms with Gasteiger partial charge >= 0.3 is 16.5 Å². The summed E-state index contributed by atoms with van der Waals surface area (Å²) in [4.78, 5) is 0. The van der Waals surface area contributed by atoms with Crippen LogP contribution >= 0.6 is 60.0 Å². The van der Waals surface area contributed by atoms with Crippen molar-refractivity contribution in [2.45, 2.75) is 21.8 Å². The van der Waals surface area contributed by atoms with Crippen LogP contribution in [-0.4, -0.2) is 41.3 Å². The number of rotatable bonds is 4. The van der Waals surface area contributed by atoms with Crippen LogP contribution in [0, 0.1) is 5.41 Å². The number of alkyl halides is 3. The summed E-state index contributed by atoms with van der Waals surface area (Å²) in [5.74, 6) is 0. The molecular weight excluding hydrogens is 477 g/mol. The van der Waals surface area contributed by atoms with Crippen LogP contribution in [-0.2, 0) is 32.0 Å². The van der Waals surface area contributed by atoms with Gasteiger partial charge in [0.1, 0.15) is 28.5 Å². The third-order valence-electron chi connectivity index (χ3n) is 3.06. The van der Waals surface area contributed by atoms with Gasteiger partial charge in [0.25, 0.3) is 0 Å². The zero-order valence-electron chi connectivity index (χ0n) is 10.9. The Hall–Kier alpha value is 1.25. The van der Waals surface area contributed by atoms with Gasteiger partial charge in [-0.2, -0.15) is 0 Å². The highest BCUT2D eigenvalue weighted by molar-refractivity contribution is 9.25. The van der Waals surface area contributed by atoms with Crippen LogP contribution in [0.2, 0.25) is 0 Å². The van der Waals surface area contributed by atoms with E-state index in [1.165, 1.54) is 0 Å². The minimum atomic E-state index is -2.28. The first-order valence-corrected chi connectivity index (χ1v) is 10.1. The van der Waals surface area contributed by atoms with Gasteiger partial charge in [-0.05, 0) is 6.92 Å². The maximum absolute atomic E-state index is 11.5. The second-order valence-corrected chi connectivity index (χ2v) is 11.2. The molecule has 2 aliphatic heterocycles. The van der Waals surface area contributed by atoms with Crippen molar-refractivity contribution in [2.75, 3.05) is 26.4 Å². The summed E-state index contributed by atoms with van der Waals surface area (Å²) in [7, 11) is -4.42. The lowest BCUT2D eigenvalue weighted by molar-refractivity contribution is -0.217. The molecule has 0 N–H and O–H groups in total. The van der Waals surface area contributed by atoms with Gasteiger partial charge in [0.2, 0.25) is 6.29 Å². The Bertz CT molecular complexity index is 418. The van der Waals surface area contributed by atoms with Gasteiger partial charge in [-0.25, -0.2) is 0 Å². The van der Waals surface area contributed by atoms with Crippen molar-refractivity contribution in [1.82, 2.24) is 0 Å². The molecule has 21 heavy (non-hydrogen) atoms. The third kappa shape index (κ3) is 4.63. The number of halogens is 3. The molecule has 0 saturated carbocycles. The summed E-state index contributed by atoms with van der Waals surface area (Å²) in [6.45, 7) is 2.10. The molecule has 2 saturated heterocycles. The third-order valence-corrected chi connectivity index (χ3v) is 7.18. The second kappa shape index (κ2) is 7.43. The van der Waals surface area contributed by atoms with Crippen LogP contribution in [0.1, 0.15) is 6.92 Å². The van der Waals surface area contributed by atoms with E-state index in [2.05, 4.69) is 31.9 Å². The van der Waals surface area contributed by atoms with Crippen LogP contribution in [0.15, 0.2) is 0 Å².